The van der Waals surface area contributed by atoms with Crippen LogP contribution >= 0.6 is 0 Å². The van der Waals surface area contributed by atoms with E-state index in [1.165, 1.54) is 4.31 Å². The maximum Gasteiger partial charge on any atom is 0.254 e. The van der Waals surface area contributed by atoms with Gasteiger partial charge < -0.3 is 20.3 Å². The molecule has 11 heteroatoms. The van der Waals surface area contributed by atoms with Crippen LogP contribution in [0.5, 0.6) is 0 Å². The van der Waals surface area contributed by atoms with E-state index in [1.807, 2.05) is 0 Å². The number of carbonyl (C=O) groups excluding carboxylic acids is 2. The standard InChI is InChI=1S/C18H33N5O5S/c1-14(2)29(26,27)23-12-15(18(13-23)17(25)20-5-11-28-18)16(24)19-4-6-22-9-7-21(3)8-10-22/h14-15H,4-13H2,1-3H3,(H,19,24)(H,20,25)/t15-,18-/m1/s1. The maximum atomic E-state index is 13.0. The van der Waals surface area contributed by atoms with E-state index in [1.54, 1.807) is 13.8 Å². The van der Waals surface area contributed by atoms with Gasteiger partial charge in [-0.1, -0.05) is 0 Å². The first-order chi connectivity index (χ1) is 13.7. The molecule has 3 heterocycles. The molecule has 0 aromatic carbocycles. The second kappa shape index (κ2) is 8.84. The Balaban J connectivity index is 1.67. The smallest absolute Gasteiger partial charge is 0.254 e. The summed E-state index contributed by atoms with van der Waals surface area (Å²) in [5.74, 6) is -1.62. The molecule has 0 aromatic rings. The van der Waals surface area contributed by atoms with Crippen LogP contribution in [0, 0.1) is 5.92 Å². The molecular formula is C18H33N5O5S. The Hall–Kier alpha value is -1.27. The molecule has 0 aliphatic carbocycles. The van der Waals surface area contributed by atoms with E-state index in [0.717, 1.165) is 32.7 Å². The van der Waals surface area contributed by atoms with Gasteiger partial charge in [-0.25, -0.2) is 8.42 Å². The Bertz CT molecular complexity index is 722. The topological polar surface area (TPSA) is 111 Å². The number of sulfonamides is 1. The number of ether oxygens (including phenoxy) is 1. The number of piperazine rings is 1. The number of hydrogen-bond acceptors (Lipinski definition) is 7. The van der Waals surface area contributed by atoms with Crippen LogP contribution in [0.4, 0.5) is 0 Å². The summed E-state index contributed by atoms with van der Waals surface area (Å²) < 4.78 is 32.4. The lowest BCUT2D eigenvalue weighted by atomic mass is 9.88. The normalized spacial score (nSPS) is 30.1. The Morgan fingerprint density at radius 3 is 2.62 bits per heavy atom. The number of amides is 2. The SMILES string of the molecule is CC(C)S(=O)(=O)N1C[C@H](C(=O)NCCN2CCN(C)CC2)[C@@]2(C1)OCCNC2=O. The zero-order chi connectivity index (χ0) is 21.2. The number of nitrogens with zero attached hydrogens (tertiary/aromatic N) is 3. The first kappa shape index (κ1) is 22.4. The third-order valence-electron chi connectivity index (χ3n) is 6.09. The third kappa shape index (κ3) is 4.58. The van der Waals surface area contributed by atoms with Crippen molar-refractivity contribution in [2.45, 2.75) is 24.7 Å². The molecule has 1 spiro atoms. The predicted octanol–water partition coefficient (Wildman–Crippen LogP) is -2.09. The third-order valence-corrected chi connectivity index (χ3v) is 8.28. The van der Waals surface area contributed by atoms with Gasteiger partial charge >= 0.3 is 0 Å². The lowest BCUT2D eigenvalue weighted by Gasteiger charge is -2.36. The molecule has 0 unspecified atom stereocenters. The summed E-state index contributed by atoms with van der Waals surface area (Å²) >= 11 is 0. The maximum absolute atomic E-state index is 13.0. The zero-order valence-corrected chi connectivity index (χ0v) is 18.3. The number of rotatable bonds is 6. The Labute approximate surface area is 173 Å². The minimum Gasteiger partial charge on any atom is -0.361 e. The molecule has 0 radical (unpaired) electrons. The molecule has 3 aliphatic heterocycles. The molecule has 0 saturated carbocycles. The quantitative estimate of drug-likeness (QED) is 0.496. The highest BCUT2D eigenvalue weighted by atomic mass is 32.2. The average Bonchev–Trinajstić information content (AvgIpc) is 3.07. The van der Waals surface area contributed by atoms with Crippen LogP contribution in [-0.4, -0.2) is 118 Å². The number of carbonyl (C=O) groups is 2. The zero-order valence-electron chi connectivity index (χ0n) is 17.5. The van der Waals surface area contributed by atoms with Crippen LogP contribution in [0.2, 0.25) is 0 Å². The highest BCUT2D eigenvalue weighted by molar-refractivity contribution is 7.89. The fourth-order valence-electron chi connectivity index (χ4n) is 4.10. The van der Waals surface area contributed by atoms with Gasteiger partial charge in [0.1, 0.15) is 0 Å². The lowest BCUT2D eigenvalue weighted by molar-refractivity contribution is -0.163. The molecule has 3 rings (SSSR count). The van der Waals surface area contributed by atoms with Crippen molar-refractivity contribution in [3.63, 3.8) is 0 Å². The molecule has 166 valence electrons. The van der Waals surface area contributed by atoms with Gasteiger partial charge in [0.15, 0.2) is 5.60 Å². The van der Waals surface area contributed by atoms with E-state index in [-0.39, 0.29) is 25.6 Å². The van der Waals surface area contributed by atoms with Crippen LogP contribution in [0.1, 0.15) is 13.8 Å². The van der Waals surface area contributed by atoms with E-state index >= 15 is 0 Å². The first-order valence-corrected chi connectivity index (χ1v) is 11.8. The summed E-state index contributed by atoms with van der Waals surface area (Å²) in [6.07, 6.45) is 0. The second-order valence-corrected chi connectivity index (χ2v) is 10.9. The number of nitrogens with one attached hydrogen (secondary N) is 2. The van der Waals surface area contributed by atoms with Crippen LogP contribution in [0.25, 0.3) is 0 Å². The summed E-state index contributed by atoms with van der Waals surface area (Å²) in [5.41, 5.74) is -1.46. The van der Waals surface area contributed by atoms with Gasteiger partial charge in [-0.15, -0.1) is 0 Å². The van der Waals surface area contributed by atoms with Gasteiger partial charge in [-0.2, -0.15) is 4.31 Å². The fraction of sp³-hybridized carbons (Fsp3) is 0.889. The molecule has 3 fully saturated rings. The van der Waals surface area contributed by atoms with Crippen LogP contribution < -0.4 is 10.6 Å². The Morgan fingerprint density at radius 1 is 1.31 bits per heavy atom. The van der Waals surface area contributed by atoms with Gasteiger partial charge in [-0.05, 0) is 20.9 Å². The molecule has 10 nitrogen and oxygen atoms in total. The molecule has 2 atom stereocenters. The second-order valence-electron chi connectivity index (χ2n) is 8.37. The summed E-state index contributed by atoms with van der Waals surface area (Å²) in [7, 11) is -1.52. The average molecular weight is 432 g/mol. The molecule has 2 N–H and O–H groups in total. The van der Waals surface area contributed by atoms with Gasteiger partial charge in [0, 0.05) is 52.4 Å². The molecule has 2 amide bonds. The van der Waals surface area contributed by atoms with Gasteiger partial charge in [0.2, 0.25) is 15.9 Å². The van der Waals surface area contributed by atoms with Gasteiger partial charge in [0.05, 0.1) is 24.3 Å². The minimum absolute atomic E-state index is 0.0473. The van der Waals surface area contributed by atoms with Crippen molar-refractivity contribution in [1.82, 2.24) is 24.7 Å². The lowest BCUT2D eigenvalue weighted by Crippen LogP contribution is -2.62. The van der Waals surface area contributed by atoms with E-state index < -0.39 is 32.7 Å². The predicted molar refractivity (Wildman–Crippen MR) is 108 cm³/mol. The van der Waals surface area contributed by atoms with Crippen molar-refractivity contribution in [2.24, 2.45) is 5.92 Å². The van der Waals surface area contributed by atoms with E-state index in [9.17, 15) is 18.0 Å². The van der Waals surface area contributed by atoms with Crippen LogP contribution in [0.3, 0.4) is 0 Å². The van der Waals surface area contributed by atoms with Crippen molar-refractivity contribution in [3.05, 3.63) is 0 Å². The first-order valence-electron chi connectivity index (χ1n) is 10.3. The highest BCUT2D eigenvalue weighted by Crippen LogP contribution is 2.35. The summed E-state index contributed by atoms with van der Waals surface area (Å²) in [4.78, 5) is 30.2. The summed E-state index contributed by atoms with van der Waals surface area (Å²) in [5, 5.41) is 5.00. The van der Waals surface area contributed by atoms with E-state index in [4.69, 9.17) is 4.74 Å². The molecule has 29 heavy (non-hydrogen) atoms. The minimum atomic E-state index is -3.60. The van der Waals surface area contributed by atoms with Crippen molar-refractivity contribution in [2.75, 3.05) is 72.6 Å². The summed E-state index contributed by atoms with van der Waals surface area (Å²) in [6.45, 7) is 8.68. The van der Waals surface area contributed by atoms with Crippen molar-refractivity contribution < 1.29 is 22.7 Å². The number of likely N-dealkylation sites (N-methyl/N-ethyl adjacent to an activating group) is 1. The molecule has 0 bridgehead atoms. The van der Waals surface area contributed by atoms with Gasteiger partial charge in [0.25, 0.3) is 5.91 Å². The molecule has 0 aromatic heterocycles. The fourth-order valence-corrected chi connectivity index (χ4v) is 5.42. The Kier molecular flexibility index (Phi) is 6.84. The monoisotopic (exact) mass is 431 g/mol. The Morgan fingerprint density at radius 2 is 2.00 bits per heavy atom. The van der Waals surface area contributed by atoms with E-state index in [2.05, 4.69) is 27.5 Å². The summed E-state index contributed by atoms with van der Waals surface area (Å²) in [6, 6.07) is 0. The number of hydrogen-bond donors (Lipinski definition) is 2. The largest absolute Gasteiger partial charge is 0.361 e. The van der Waals surface area contributed by atoms with Crippen LogP contribution in [-0.2, 0) is 24.3 Å². The highest BCUT2D eigenvalue weighted by Gasteiger charge is 2.59. The van der Waals surface area contributed by atoms with Crippen molar-refractivity contribution >= 4 is 21.8 Å². The number of morpholine rings is 1. The molecule has 3 aliphatic rings. The van der Waals surface area contributed by atoms with Crippen molar-refractivity contribution in [3.8, 4) is 0 Å². The van der Waals surface area contributed by atoms with Crippen molar-refractivity contribution in [1.29, 1.82) is 0 Å². The van der Waals surface area contributed by atoms with E-state index in [0.29, 0.717) is 13.1 Å². The molecular weight excluding hydrogens is 398 g/mol. The van der Waals surface area contributed by atoms with Crippen LogP contribution in [0.15, 0.2) is 0 Å². The molecule has 3 saturated heterocycles. The van der Waals surface area contributed by atoms with Gasteiger partial charge in [-0.3, -0.25) is 14.5 Å².